The summed E-state index contributed by atoms with van der Waals surface area (Å²) < 4.78 is 6.22. The first-order chi connectivity index (χ1) is 13.2. The molecule has 1 aromatic carbocycles. The fourth-order valence-corrected chi connectivity index (χ4v) is 3.72. The van der Waals surface area contributed by atoms with Crippen LogP contribution in [-0.2, 0) is 4.79 Å². The van der Waals surface area contributed by atoms with Gasteiger partial charge >= 0.3 is 0 Å². The summed E-state index contributed by atoms with van der Waals surface area (Å²) in [6.45, 7) is 3.71. The molecule has 0 spiro atoms. The second-order valence-electron chi connectivity index (χ2n) is 5.73. The number of nitrogens with one attached hydrogen (secondary N) is 1. The van der Waals surface area contributed by atoms with Gasteiger partial charge in [0.25, 0.3) is 5.91 Å². The van der Waals surface area contributed by atoms with Gasteiger partial charge in [0.2, 0.25) is 0 Å². The molecule has 1 unspecified atom stereocenters. The molecule has 0 fully saturated rings. The van der Waals surface area contributed by atoms with Crippen molar-refractivity contribution in [2.75, 3.05) is 5.75 Å². The summed E-state index contributed by atoms with van der Waals surface area (Å²) >= 11 is 4.87. The molecule has 1 N–H and O–H groups in total. The second kappa shape index (κ2) is 7.58. The summed E-state index contributed by atoms with van der Waals surface area (Å²) in [5, 5.41) is 11.1. The number of thioether (sulfide) groups is 1. The summed E-state index contributed by atoms with van der Waals surface area (Å²) in [4.78, 5) is 17.6. The van der Waals surface area contributed by atoms with E-state index in [1.807, 2.05) is 42.5 Å². The van der Waals surface area contributed by atoms with E-state index >= 15 is 0 Å². The molecule has 0 radical (unpaired) electrons. The Morgan fingerprint density at radius 1 is 1.41 bits per heavy atom. The van der Waals surface area contributed by atoms with Crippen LogP contribution in [0.3, 0.4) is 0 Å². The van der Waals surface area contributed by atoms with E-state index in [0.29, 0.717) is 22.4 Å². The number of amidine groups is 1. The fourth-order valence-electron chi connectivity index (χ4n) is 2.77. The van der Waals surface area contributed by atoms with Crippen LogP contribution in [0.15, 0.2) is 74.3 Å². The summed E-state index contributed by atoms with van der Waals surface area (Å²) in [7, 11) is 0. The van der Waals surface area contributed by atoms with Gasteiger partial charge in [-0.05, 0) is 42.5 Å². The highest BCUT2D eigenvalue weighted by molar-refractivity contribution is 9.10. The van der Waals surface area contributed by atoms with E-state index in [1.165, 1.54) is 11.8 Å². The normalized spacial score (nSPS) is 18.5. The van der Waals surface area contributed by atoms with Gasteiger partial charge < -0.3 is 4.42 Å². The quantitative estimate of drug-likeness (QED) is 0.738. The number of fused-ring (bicyclic) bond motifs is 2. The maximum absolute atomic E-state index is 12.8. The highest BCUT2D eigenvalue weighted by Gasteiger charge is 2.32. The lowest BCUT2D eigenvalue weighted by Gasteiger charge is -2.32. The third-order valence-corrected chi connectivity index (χ3v) is 5.27. The van der Waals surface area contributed by atoms with Gasteiger partial charge in [0.1, 0.15) is 11.5 Å². The van der Waals surface area contributed by atoms with E-state index in [4.69, 9.17) is 9.41 Å². The van der Waals surface area contributed by atoms with Crippen molar-refractivity contribution in [2.45, 2.75) is 6.17 Å². The highest BCUT2D eigenvalue weighted by atomic mass is 79.9. The minimum absolute atomic E-state index is 0.206. The molecule has 0 saturated carbocycles. The predicted molar refractivity (Wildman–Crippen MR) is 110 cm³/mol. The first-order valence-corrected chi connectivity index (χ1v) is 9.96. The van der Waals surface area contributed by atoms with Crippen LogP contribution < -0.4 is 15.9 Å². The monoisotopic (exact) mass is 442 g/mol. The number of amides is 1. The standard InChI is InChI=1S/C19H15BrN4O2S/c1-2-10-27-19-22-18(25)17-14-11-12(20)5-7-15(14)21-16(24(17)23-19)8-6-13-4-3-9-26-13/h2-9,11,16H,1,10H2,(H,22,23,25)/b8-6+. The van der Waals surface area contributed by atoms with Crippen molar-refractivity contribution in [3.05, 3.63) is 76.1 Å². The number of rotatable bonds is 4. The average molecular weight is 443 g/mol. The van der Waals surface area contributed by atoms with Gasteiger partial charge in [0.05, 0.1) is 11.6 Å². The molecule has 0 saturated heterocycles. The van der Waals surface area contributed by atoms with Crippen LogP contribution in [0.2, 0.25) is 0 Å². The minimum Gasteiger partial charge on any atom is -0.465 e. The maximum atomic E-state index is 12.8. The number of halogens is 1. The Balaban J connectivity index is 1.83. The molecule has 2 aliphatic rings. The summed E-state index contributed by atoms with van der Waals surface area (Å²) in [6, 6.07) is 9.34. The van der Waals surface area contributed by atoms with Gasteiger partial charge in [-0.15, -0.1) is 11.7 Å². The van der Waals surface area contributed by atoms with Crippen LogP contribution in [0.4, 0.5) is 0 Å². The molecule has 1 aromatic heterocycles. The highest BCUT2D eigenvalue weighted by Crippen LogP contribution is 2.22. The Labute approximate surface area is 168 Å². The van der Waals surface area contributed by atoms with Crippen molar-refractivity contribution in [1.82, 2.24) is 10.3 Å². The zero-order valence-corrected chi connectivity index (χ0v) is 16.5. The summed E-state index contributed by atoms with van der Waals surface area (Å²) in [5.74, 6) is 1.15. The van der Waals surface area contributed by atoms with Crippen LogP contribution in [0.25, 0.3) is 11.8 Å². The smallest absolute Gasteiger partial charge is 0.276 e. The number of benzene rings is 1. The lowest BCUT2D eigenvalue weighted by Crippen LogP contribution is -2.52. The Morgan fingerprint density at radius 2 is 2.30 bits per heavy atom. The number of furan rings is 1. The third-order valence-electron chi connectivity index (χ3n) is 3.91. The molecular weight excluding hydrogens is 428 g/mol. The van der Waals surface area contributed by atoms with E-state index in [0.717, 1.165) is 15.0 Å². The van der Waals surface area contributed by atoms with Gasteiger partial charge in [-0.2, -0.15) is 0 Å². The fraction of sp³-hybridized carbons (Fsp3) is 0.105. The number of carbonyl (C=O) groups is 1. The zero-order chi connectivity index (χ0) is 18.8. The number of nitrogens with zero attached hydrogens (tertiary/aromatic N) is 3. The Morgan fingerprint density at radius 3 is 3.07 bits per heavy atom. The van der Waals surface area contributed by atoms with Crippen LogP contribution in [-0.4, -0.2) is 28.0 Å². The maximum Gasteiger partial charge on any atom is 0.276 e. The predicted octanol–water partition coefficient (Wildman–Crippen LogP) is 2.44. The molecule has 6 nitrogen and oxygen atoms in total. The molecule has 0 aliphatic carbocycles. The van der Waals surface area contributed by atoms with Gasteiger partial charge in [-0.25, -0.2) is 5.01 Å². The van der Waals surface area contributed by atoms with Crippen LogP contribution in [0.5, 0.6) is 0 Å². The van der Waals surface area contributed by atoms with Crippen LogP contribution in [0.1, 0.15) is 5.76 Å². The van der Waals surface area contributed by atoms with Gasteiger partial charge in [0, 0.05) is 15.4 Å². The topological polar surface area (TPSA) is 70.2 Å². The van der Waals surface area contributed by atoms with Crippen molar-refractivity contribution in [3.8, 4) is 0 Å². The number of carbonyl (C=O) groups excluding carboxylic acids is 1. The zero-order valence-electron chi connectivity index (χ0n) is 14.1. The number of hydrogen-bond acceptors (Lipinski definition) is 6. The van der Waals surface area contributed by atoms with E-state index in [-0.39, 0.29) is 5.91 Å². The molecule has 1 atom stereocenters. The molecule has 136 valence electrons. The first-order valence-electron chi connectivity index (χ1n) is 8.18. The SMILES string of the molecule is C=CCSC1=NN2C(=c3cc(Br)ccc3=NC2/C=C/c2ccco2)C(=O)N1. The molecule has 8 heteroatoms. The molecule has 3 heterocycles. The van der Waals surface area contributed by atoms with Crippen molar-refractivity contribution >= 4 is 50.5 Å². The summed E-state index contributed by atoms with van der Waals surface area (Å²) in [6.07, 6.45) is 6.61. The van der Waals surface area contributed by atoms with Crippen LogP contribution in [0, 0.1) is 0 Å². The molecule has 2 aromatic rings. The molecule has 27 heavy (non-hydrogen) atoms. The van der Waals surface area contributed by atoms with E-state index < -0.39 is 6.17 Å². The number of hydrazone groups is 1. The molecular formula is C19H15BrN4O2S. The van der Waals surface area contributed by atoms with Gasteiger partial charge in [0.15, 0.2) is 11.3 Å². The Hall–Kier alpha value is -2.58. The first kappa shape index (κ1) is 17.8. The second-order valence-corrected chi connectivity index (χ2v) is 7.66. The minimum atomic E-state index is -0.454. The van der Waals surface area contributed by atoms with Gasteiger partial charge in [-0.3, -0.25) is 15.1 Å². The van der Waals surface area contributed by atoms with Crippen LogP contribution >= 0.6 is 27.7 Å². The van der Waals surface area contributed by atoms with Crippen molar-refractivity contribution in [3.63, 3.8) is 0 Å². The Kier molecular flexibility index (Phi) is 5.00. The summed E-state index contributed by atoms with van der Waals surface area (Å²) in [5.41, 5.74) is 0.471. The molecule has 2 aliphatic heterocycles. The van der Waals surface area contributed by atoms with Crippen molar-refractivity contribution in [2.24, 2.45) is 10.1 Å². The Bertz CT molecular complexity index is 1080. The van der Waals surface area contributed by atoms with Crippen molar-refractivity contribution in [1.29, 1.82) is 0 Å². The average Bonchev–Trinajstić information content (AvgIpc) is 3.18. The lowest BCUT2D eigenvalue weighted by molar-refractivity contribution is -0.116. The molecule has 0 bridgehead atoms. The molecule has 4 rings (SSSR count). The van der Waals surface area contributed by atoms with E-state index in [2.05, 4.69) is 32.9 Å². The molecule has 1 amide bonds. The van der Waals surface area contributed by atoms with E-state index in [9.17, 15) is 4.79 Å². The van der Waals surface area contributed by atoms with E-state index in [1.54, 1.807) is 17.3 Å². The van der Waals surface area contributed by atoms with Gasteiger partial charge in [-0.1, -0.05) is 33.8 Å². The third kappa shape index (κ3) is 3.63. The number of hydrogen-bond donors (Lipinski definition) is 1. The lowest BCUT2D eigenvalue weighted by atomic mass is 10.1. The van der Waals surface area contributed by atoms with Crippen molar-refractivity contribution < 1.29 is 9.21 Å². The largest absolute Gasteiger partial charge is 0.465 e.